The molecule has 0 aromatic carbocycles. The van der Waals surface area contributed by atoms with Crippen LogP contribution < -0.4 is 4.90 Å². The van der Waals surface area contributed by atoms with Gasteiger partial charge in [0.05, 0.1) is 23.5 Å². The average Bonchev–Trinajstić information content (AvgIpc) is 3.76. The highest BCUT2D eigenvalue weighted by Gasteiger charge is 2.44. The quantitative estimate of drug-likeness (QED) is 0.421. The van der Waals surface area contributed by atoms with Gasteiger partial charge in [-0.25, -0.2) is 14.3 Å². The lowest BCUT2D eigenvalue weighted by Crippen LogP contribution is -2.54. The highest BCUT2D eigenvalue weighted by Crippen LogP contribution is 2.38. The van der Waals surface area contributed by atoms with Gasteiger partial charge in [-0.05, 0) is 43.9 Å². The van der Waals surface area contributed by atoms with E-state index in [0.29, 0.717) is 30.7 Å². The minimum atomic E-state index is 0.226. The first-order chi connectivity index (χ1) is 18.6. The Morgan fingerprint density at radius 2 is 1.68 bits per heavy atom. The molecular formula is C28H29N9O. The zero-order valence-electron chi connectivity index (χ0n) is 21.4. The Morgan fingerprint density at radius 3 is 2.32 bits per heavy atom. The first-order valence-corrected chi connectivity index (χ1v) is 13.3. The average molecular weight is 508 g/mol. The number of carbonyl (C=O) groups excluding carboxylic acids is 1. The monoisotopic (exact) mass is 507 g/mol. The summed E-state index contributed by atoms with van der Waals surface area (Å²) in [5, 5.41) is 18.4. The largest absolute Gasteiger partial charge is 0.353 e. The molecule has 7 rings (SSSR count). The lowest BCUT2D eigenvalue weighted by molar-refractivity contribution is 0.144. The van der Waals surface area contributed by atoms with Crippen molar-refractivity contribution in [3.63, 3.8) is 0 Å². The Labute approximate surface area is 220 Å². The molecule has 4 aromatic heterocycles. The molecule has 0 spiro atoms. The van der Waals surface area contributed by atoms with Crippen LogP contribution in [-0.4, -0.2) is 78.5 Å². The molecule has 0 aliphatic carbocycles. The van der Waals surface area contributed by atoms with Crippen LogP contribution in [0.15, 0.2) is 49.2 Å². The lowest BCUT2D eigenvalue weighted by atomic mass is 10.0. The van der Waals surface area contributed by atoms with Gasteiger partial charge in [0.2, 0.25) is 0 Å². The summed E-state index contributed by atoms with van der Waals surface area (Å²) in [4.78, 5) is 24.4. The third-order valence-corrected chi connectivity index (χ3v) is 8.38. The van der Waals surface area contributed by atoms with E-state index in [9.17, 15) is 10.1 Å². The molecule has 192 valence electrons. The van der Waals surface area contributed by atoms with Gasteiger partial charge in [0.1, 0.15) is 11.9 Å². The van der Waals surface area contributed by atoms with Crippen LogP contribution in [0.25, 0.3) is 27.8 Å². The van der Waals surface area contributed by atoms with Crippen molar-refractivity contribution in [1.82, 2.24) is 34.2 Å². The van der Waals surface area contributed by atoms with Gasteiger partial charge in [-0.3, -0.25) is 4.68 Å². The van der Waals surface area contributed by atoms with Crippen molar-refractivity contribution in [1.29, 1.82) is 5.26 Å². The normalized spacial score (nSPS) is 20.9. The highest BCUT2D eigenvalue weighted by molar-refractivity contribution is 5.87. The molecule has 7 heterocycles. The van der Waals surface area contributed by atoms with Crippen molar-refractivity contribution in [2.45, 2.75) is 37.8 Å². The van der Waals surface area contributed by atoms with Crippen LogP contribution in [-0.2, 0) is 7.05 Å². The van der Waals surface area contributed by atoms with Gasteiger partial charge >= 0.3 is 6.03 Å². The van der Waals surface area contributed by atoms with Crippen LogP contribution >= 0.6 is 0 Å². The van der Waals surface area contributed by atoms with Crippen LogP contribution in [0, 0.1) is 11.3 Å². The van der Waals surface area contributed by atoms with E-state index in [2.05, 4.69) is 38.2 Å². The van der Waals surface area contributed by atoms with Gasteiger partial charge in [0.25, 0.3) is 0 Å². The Kier molecular flexibility index (Phi) is 5.32. The summed E-state index contributed by atoms with van der Waals surface area (Å²) in [5.41, 5.74) is 5.04. The maximum atomic E-state index is 13.2. The number of carbonyl (C=O) groups is 1. The zero-order chi connectivity index (χ0) is 25.8. The molecule has 10 heteroatoms. The van der Waals surface area contributed by atoms with Gasteiger partial charge < -0.3 is 14.7 Å². The van der Waals surface area contributed by atoms with Crippen LogP contribution in [0.2, 0.25) is 0 Å². The molecule has 10 nitrogen and oxygen atoms in total. The van der Waals surface area contributed by atoms with Crippen LogP contribution in [0.4, 0.5) is 10.6 Å². The molecular weight excluding hydrogens is 478 g/mol. The van der Waals surface area contributed by atoms with Crippen LogP contribution in [0.5, 0.6) is 0 Å². The standard InChI is InChI=1S/C28H29N9O/c1-33-17-22(16-31-33)20-12-25(27-21(13-29)15-32-36(27)18-20)19-2-7-26(30-14-19)34-8-10-35(11-9-34)28(38)37-23-3-4-24(37)6-5-23/h2,7,12,14-18,23-24H,3-6,8-11H2,1H3. The summed E-state index contributed by atoms with van der Waals surface area (Å²) in [5.74, 6) is 0.899. The number of anilines is 1. The van der Waals surface area contributed by atoms with E-state index < -0.39 is 0 Å². The molecule has 0 saturated carbocycles. The summed E-state index contributed by atoms with van der Waals surface area (Å²) in [6.07, 6.45) is 13.8. The second-order valence-electron chi connectivity index (χ2n) is 10.5. The Bertz CT molecular complexity index is 1540. The predicted molar refractivity (Wildman–Crippen MR) is 142 cm³/mol. The Hall–Kier alpha value is -4.39. The van der Waals surface area contributed by atoms with E-state index in [1.54, 1.807) is 15.4 Å². The summed E-state index contributed by atoms with van der Waals surface area (Å²) in [7, 11) is 1.89. The number of urea groups is 1. The smallest absolute Gasteiger partial charge is 0.320 e. The first-order valence-electron chi connectivity index (χ1n) is 13.3. The van der Waals surface area contributed by atoms with Gasteiger partial charge in [-0.15, -0.1) is 0 Å². The fourth-order valence-corrected chi connectivity index (χ4v) is 6.40. The Morgan fingerprint density at radius 1 is 0.921 bits per heavy atom. The summed E-state index contributed by atoms with van der Waals surface area (Å²) in [6.45, 7) is 2.97. The third kappa shape index (κ3) is 3.69. The first kappa shape index (κ1) is 22.8. The number of fused-ring (bicyclic) bond motifs is 3. The summed E-state index contributed by atoms with van der Waals surface area (Å²) >= 11 is 0. The molecule has 0 unspecified atom stereocenters. The molecule has 3 saturated heterocycles. The zero-order valence-corrected chi connectivity index (χ0v) is 21.4. The van der Waals surface area contributed by atoms with Crippen LogP contribution in [0.1, 0.15) is 31.2 Å². The van der Waals surface area contributed by atoms with Crippen molar-refractivity contribution in [2.75, 3.05) is 31.1 Å². The van der Waals surface area contributed by atoms with Gasteiger partial charge in [0, 0.05) is 86.2 Å². The number of rotatable bonds is 3. The maximum Gasteiger partial charge on any atom is 0.320 e. The van der Waals surface area contributed by atoms with E-state index in [-0.39, 0.29) is 6.03 Å². The number of piperazine rings is 1. The van der Waals surface area contributed by atoms with E-state index in [0.717, 1.165) is 46.7 Å². The molecule has 2 amide bonds. The molecule has 3 fully saturated rings. The highest BCUT2D eigenvalue weighted by atomic mass is 16.2. The molecule has 3 aliphatic heterocycles. The number of aryl methyl sites for hydroxylation is 1. The summed E-state index contributed by atoms with van der Waals surface area (Å²) < 4.78 is 3.52. The number of amides is 2. The molecule has 0 N–H and O–H groups in total. The summed E-state index contributed by atoms with van der Waals surface area (Å²) in [6, 6.07) is 9.56. The van der Waals surface area contributed by atoms with Crippen LogP contribution in [0.3, 0.4) is 0 Å². The second kappa shape index (κ2) is 8.87. The number of hydrogen-bond donors (Lipinski definition) is 0. The van der Waals surface area contributed by atoms with E-state index in [1.807, 2.05) is 42.8 Å². The predicted octanol–water partition coefficient (Wildman–Crippen LogP) is 3.54. The molecule has 2 bridgehead atoms. The molecule has 4 aromatic rings. The van der Waals surface area contributed by atoms with E-state index >= 15 is 0 Å². The molecule has 38 heavy (non-hydrogen) atoms. The lowest BCUT2D eigenvalue weighted by Gasteiger charge is -2.38. The van der Waals surface area contributed by atoms with Crippen molar-refractivity contribution >= 4 is 17.4 Å². The minimum Gasteiger partial charge on any atom is -0.353 e. The van der Waals surface area contributed by atoms with Gasteiger partial charge in [-0.1, -0.05) is 0 Å². The second-order valence-corrected chi connectivity index (χ2v) is 10.5. The fourth-order valence-electron chi connectivity index (χ4n) is 6.40. The van der Waals surface area contributed by atoms with Gasteiger partial charge in [-0.2, -0.15) is 15.5 Å². The van der Waals surface area contributed by atoms with Crippen molar-refractivity contribution in [3.05, 3.63) is 54.7 Å². The molecule has 0 atom stereocenters. The molecule has 0 radical (unpaired) electrons. The van der Waals surface area contributed by atoms with E-state index in [1.165, 1.54) is 25.7 Å². The van der Waals surface area contributed by atoms with Crippen molar-refractivity contribution in [2.24, 2.45) is 7.05 Å². The van der Waals surface area contributed by atoms with Crippen molar-refractivity contribution < 1.29 is 4.79 Å². The van der Waals surface area contributed by atoms with Crippen molar-refractivity contribution in [3.8, 4) is 28.3 Å². The minimum absolute atomic E-state index is 0.226. The van der Waals surface area contributed by atoms with Gasteiger partial charge in [0.15, 0.2) is 0 Å². The number of hydrogen-bond acceptors (Lipinski definition) is 6. The number of pyridine rings is 2. The topological polar surface area (TPSA) is 98.6 Å². The SMILES string of the molecule is Cn1cc(-c2cc(-c3ccc(N4CCN(C(=O)N5C6CCC5CC6)CC4)nc3)c3c(C#N)cnn3c2)cn1. The number of aromatic nitrogens is 5. The number of nitrogens with zero attached hydrogens (tertiary/aromatic N) is 9. The number of nitriles is 1. The Balaban J connectivity index is 1.12. The van der Waals surface area contributed by atoms with E-state index in [4.69, 9.17) is 4.98 Å². The molecule has 3 aliphatic rings. The fraction of sp³-hybridized carbons (Fsp3) is 0.393. The maximum absolute atomic E-state index is 13.2. The third-order valence-electron chi connectivity index (χ3n) is 8.38.